The minimum atomic E-state index is -0.193. The molecule has 0 amide bonds. The fraction of sp³-hybridized carbons (Fsp3) is 0.185. The summed E-state index contributed by atoms with van der Waals surface area (Å²) in [6.07, 6.45) is 1.81. The maximum Gasteiger partial charge on any atom is 0.174 e. The van der Waals surface area contributed by atoms with Crippen LogP contribution in [0.2, 0.25) is 5.02 Å². The molecule has 166 valence electrons. The largest absolute Gasteiger partial charge is 0.459 e. The molecule has 1 aliphatic heterocycles. The van der Waals surface area contributed by atoms with Crippen LogP contribution >= 0.6 is 23.8 Å². The van der Waals surface area contributed by atoms with E-state index >= 15 is 0 Å². The first-order valence-corrected chi connectivity index (χ1v) is 11.6. The SMILES string of the molecule is Cc1cc(C)cc(N2C(=S)N[C@H](c3ccccn3)[C@H]2c2ccc(-c3cc(Cl)ccc3C)o2)c1. The lowest BCUT2D eigenvalue weighted by Crippen LogP contribution is -2.29. The normalized spacial score (nSPS) is 17.9. The van der Waals surface area contributed by atoms with E-state index in [4.69, 9.17) is 28.2 Å². The van der Waals surface area contributed by atoms with Crippen molar-refractivity contribution in [1.29, 1.82) is 0 Å². The molecule has 4 nitrogen and oxygen atoms in total. The standard InChI is InChI=1S/C27H24ClN3OS/c1-16-12-17(2)14-20(13-16)31-26(25(30-27(31)33)22-6-4-5-11-29-22)24-10-9-23(32-24)21-15-19(28)8-7-18(21)3/h4-15,25-26H,1-3H3,(H,30,33)/t25-,26-/m1/s1. The second kappa shape index (κ2) is 8.65. The first-order valence-electron chi connectivity index (χ1n) is 10.9. The predicted octanol–water partition coefficient (Wildman–Crippen LogP) is 7.10. The third kappa shape index (κ3) is 4.14. The summed E-state index contributed by atoms with van der Waals surface area (Å²) in [5, 5.41) is 4.82. The zero-order valence-electron chi connectivity index (χ0n) is 18.7. The zero-order chi connectivity index (χ0) is 23.1. The van der Waals surface area contributed by atoms with Crippen LogP contribution in [-0.2, 0) is 0 Å². The van der Waals surface area contributed by atoms with Crippen LogP contribution in [-0.4, -0.2) is 10.1 Å². The Hall–Kier alpha value is -3.15. The maximum atomic E-state index is 6.47. The molecule has 1 saturated heterocycles. The summed E-state index contributed by atoms with van der Waals surface area (Å²) in [6.45, 7) is 6.25. The Morgan fingerprint density at radius 1 is 0.970 bits per heavy atom. The van der Waals surface area contributed by atoms with Gasteiger partial charge in [-0.2, -0.15) is 0 Å². The van der Waals surface area contributed by atoms with Gasteiger partial charge in [-0.05, 0) is 98.2 Å². The Morgan fingerprint density at radius 3 is 2.48 bits per heavy atom. The van der Waals surface area contributed by atoms with Crippen molar-refractivity contribution in [2.24, 2.45) is 0 Å². The van der Waals surface area contributed by atoms with E-state index in [2.05, 4.69) is 54.2 Å². The number of anilines is 1. The summed E-state index contributed by atoms with van der Waals surface area (Å²) in [5.41, 5.74) is 6.39. The number of aromatic nitrogens is 1. The van der Waals surface area contributed by atoms with E-state index in [1.165, 1.54) is 11.1 Å². The Labute approximate surface area is 204 Å². The van der Waals surface area contributed by atoms with E-state index in [0.29, 0.717) is 10.1 Å². The van der Waals surface area contributed by atoms with Gasteiger partial charge in [0, 0.05) is 22.5 Å². The van der Waals surface area contributed by atoms with Gasteiger partial charge < -0.3 is 14.6 Å². The lowest BCUT2D eigenvalue weighted by atomic mass is 10.0. The van der Waals surface area contributed by atoms with Gasteiger partial charge in [0.25, 0.3) is 0 Å². The van der Waals surface area contributed by atoms with Crippen molar-refractivity contribution in [2.45, 2.75) is 32.9 Å². The molecule has 3 heterocycles. The second-order valence-corrected chi connectivity index (χ2v) is 9.33. The molecule has 2 aromatic carbocycles. The van der Waals surface area contributed by atoms with Crippen LogP contribution in [0.15, 0.2) is 77.3 Å². The fourth-order valence-electron chi connectivity index (χ4n) is 4.53. The van der Waals surface area contributed by atoms with E-state index < -0.39 is 0 Å². The number of furan rings is 1. The maximum absolute atomic E-state index is 6.47. The molecule has 1 N–H and O–H groups in total. The molecule has 6 heteroatoms. The van der Waals surface area contributed by atoms with Crippen molar-refractivity contribution in [3.8, 4) is 11.3 Å². The monoisotopic (exact) mass is 473 g/mol. The van der Waals surface area contributed by atoms with Crippen LogP contribution in [0.1, 0.15) is 40.2 Å². The minimum absolute atomic E-state index is 0.154. The molecule has 0 unspecified atom stereocenters. The highest BCUT2D eigenvalue weighted by atomic mass is 35.5. The van der Waals surface area contributed by atoms with E-state index in [0.717, 1.165) is 34.0 Å². The van der Waals surface area contributed by atoms with Crippen molar-refractivity contribution in [3.05, 3.63) is 106 Å². The Balaban J connectivity index is 1.63. The van der Waals surface area contributed by atoms with Crippen LogP contribution < -0.4 is 10.2 Å². The van der Waals surface area contributed by atoms with Crippen molar-refractivity contribution >= 4 is 34.6 Å². The second-order valence-electron chi connectivity index (χ2n) is 8.50. The van der Waals surface area contributed by atoms with Crippen molar-refractivity contribution in [1.82, 2.24) is 10.3 Å². The van der Waals surface area contributed by atoms with Gasteiger partial charge >= 0.3 is 0 Å². The zero-order valence-corrected chi connectivity index (χ0v) is 20.2. The summed E-state index contributed by atoms with van der Waals surface area (Å²) in [4.78, 5) is 6.76. The van der Waals surface area contributed by atoms with Crippen molar-refractivity contribution in [2.75, 3.05) is 4.90 Å². The number of pyridine rings is 1. The topological polar surface area (TPSA) is 41.3 Å². The molecule has 33 heavy (non-hydrogen) atoms. The average molecular weight is 474 g/mol. The summed E-state index contributed by atoms with van der Waals surface area (Å²) < 4.78 is 6.47. The van der Waals surface area contributed by atoms with E-state index in [9.17, 15) is 0 Å². The number of hydrogen-bond donors (Lipinski definition) is 1. The van der Waals surface area contributed by atoms with E-state index in [-0.39, 0.29) is 12.1 Å². The first-order chi connectivity index (χ1) is 15.9. The number of nitrogens with one attached hydrogen (secondary N) is 1. The summed E-state index contributed by atoms with van der Waals surface area (Å²) >= 11 is 12.1. The van der Waals surface area contributed by atoms with Gasteiger partial charge in [-0.25, -0.2) is 0 Å². The predicted molar refractivity (Wildman–Crippen MR) is 138 cm³/mol. The third-order valence-corrected chi connectivity index (χ3v) is 6.52. The molecular weight excluding hydrogens is 450 g/mol. The fourth-order valence-corrected chi connectivity index (χ4v) is 5.05. The Morgan fingerprint density at radius 2 is 1.76 bits per heavy atom. The highest BCUT2D eigenvalue weighted by molar-refractivity contribution is 7.80. The molecule has 0 radical (unpaired) electrons. The number of nitrogens with zero attached hydrogens (tertiary/aromatic N) is 2. The van der Waals surface area contributed by atoms with Crippen LogP contribution in [0.4, 0.5) is 5.69 Å². The van der Waals surface area contributed by atoms with Crippen LogP contribution in [0, 0.1) is 20.8 Å². The number of rotatable bonds is 4. The molecule has 0 spiro atoms. The minimum Gasteiger partial charge on any atom is -0.459 e. The highest BCUT2D eigenvalue weighted by Crippen LogP contribution is 2.43. The smallest absolute Gasteiger partial charge is 0.174 e. The van der Waals surface area contributed by atoms with E-state index in [1.54, 1.807) is 6.20 Å². The molecule has 1 aliphatic rings. The molecule has 0 bridgehead atoms. The van der Waals surface area contributed by atoms with Gasteiger partial charge in [0.1, 0.15) is 17.6 Å². The molecule has 5 rings (SSSR count). The van der Waals surface area contributed by atoms with Crippen LogP contribution in [0.25, 0.3) is 11.3 Å². The summed E-state index contributed by atoms with van der Waals surface area (Å²) in [5.74, 6) is 1.59. The van der Waals surface area contributed by atoms with Gasteiger partial charge in [-0.1, -0.05) is 29.8 Å². The highest BCUT2D eigenvalue weighted by Gasteiger charge is 2.42. The molecule has 0 saturated carbocycles. The number of thiocarbonyl (C=S) groups is 1. The number of halogens is 1. The van der Waals surface area contributed by atoms with Crippen molar-refractivity contribution < 1.29 is 4.42 Å². The summed E-state index contributed by atoms with van der Waals surface area (Å²) in [7, 11) is 0. The molecule has 4 aromatic rings. The summed E-state index contributed by atoms with van der Waals surface area (Å²) in [6, 6.07) is 21.9. The van der Waals surface area contributed by atoms with Gasteiger partial charge in [0.05, 0.1) is 11.7 Å². The lowest BCUT2D eigenvalue weighted by Gasteiger charge is -2.26. The average Bonchev–Trinajstić information content (AvgIpc) is 3.40. The number of aryl methyl sites for hydroxylation is 3. The van der Waals surface area contributed by atoms with Gasteiger partial charge in [0.15, 0.2) is 5.11 Å². The number of hydrogen-bond acceptors (Lipinski definition) is 3. The molecule has 2 aromatic heterocycles. The van der Waals surface area contributed by atoms with Crippen LogP contribution in [0.3, 0.4) is 0 Å². The molecule has 0 aliphatic carbocycles. The lowest BCUT2D eigenvalue weighted by molar-refractivity contribution is 0.439. The van der Waals surface area contributed by atoms with E-state index in [1.807, 2.05) is 48.5 Å². The van der Waals surface area contributed by atoms with Gasteiger partial charge in [-0.3, -0.25) is 4.98 Å². The first kappa shape index (κ1) is 21.7. The molecule has 1 fully saturated rings. The van der Waals surface area contributed by atoms with Crippen LogP contribution in [0.5, 0.6) is 0 Å². The third-order valence-electron chi connectivity index (χ3n) is 5.97. The number of benzene rings is 2. The van der Waals surface area contributed by atoms with Gasteiger partial charge in [-0.15, -0.1) is 0 Å². The molecular formula is C27H24ClN3OS. The quantitative estimate of drug-likeness (QED) is 0.320. The van der Waals surface area contributed by atoms with Gasteiger partial charge in [0.2, 0.25) is 0 Å². The Bertz CT molecular complexity index is 1310. The molecule has 2 atom stereocenters. The van der Waals surface area contributed by atoms with Crippen molar-refractivity contribution in [3.63, 3.8) is 0 Å². The Kier molecular flexibility index (Phi) is 5.69.